The van der Waals surface area contributed by atoms with Crippen molar-refractivity contribution in [2.45, 2.75) is 64.5 Å². The Labute approximate surface area is 174 Å². The van der Waals surface area contributed by atoms with Crippen LogP contribution in [0.15, 0.2) is 29.4 Å². The fourth-order valence-electron chi connectivity index (χ4n) is 4.84. The minimum absolute atomic E-state index is 0.507. The van der Waals surface area contributed by atoms with E-state index in [9.17, 15) is 0 Å². The van der Waals surface area contributed by atoms with Crippen molar-refractivity contribution in [2.75, 3.05) is 26.7 Å². The standard InChI is InChI=1S/C23H36N6/c1-18-7-6-10-22-26-21(17-29(18)22)15-25-23(24-2)27-20-11-13-28(14-12-20)16-19-8-4-3-5-9-19/h6-7,10,17,19-20H,3-5,8-9,11-16H2,1-2H3,(H2,24,25,27). The van der Waals surface area contributed by atoms with Crippen LogP contribution in [-0.2, 0) is 6.54 Å². The number of aliphatic imine (C=N–C) groups is 1. The largest absolute Gasteiger partial charge is 0.354 e. The maximum atomic E-state index is 4.70. The van der Waals surface area contributed by atoms with E-state index in [1.54, 1.807) is 0 Å². The molecule has 0 bridgehead atoms. The minimum atomic E-state index is 0.507. The second kappa shape index (κ2) is 9.61. The first kappa shape index (κ1) is 20.2. The van der Waals surface area contributed by atoms with Crippen LogP contribution in [0.25, 0.3) is 5.65 Å². The van der Waals surface area contributed by atoms with Crippen LogP contribution in [0.4, 0.5) is 0 Å². The Bertz CT molecular complexity index is 812. The first-order valence-electron chi connectivity index (χ1n) is 11.3. The van der Waals surface area contributed by atoms with Crippen LogP contribution in [0.1, 0.15) is 56.3 Å². The monoisotopic (exact) mass is 396 g/mol. The lowest BCUT2D eigenvalue weighted by Crippen LogP contribution is -2.49. The van der Waals surface area contributed by atoms with Crippen LogP contribution in [0.3, 0.4) is 0 Å². The van der Waals surface area contributed by atoms with Crippen molar-refractivity contribution in [3.63, 3.8) is 0 Å². The summed E-state index contributed by atoms with van der Waals surface area (Å²) in [6, 6.07) is 6.71. The van der Waals surface area contributed by atoms with Gasteiger partial charge in [-0.05, 0) is 50.7 Å². The van der Waals surface area contributed by atoms with Crippen molar-refractivity contribution in [1.29, 1.82) is 0 Å². The zero-order valence-electron chi connectivity index (χ0n) is 18.0. The Hall–Kier alpha value is -2.08. The molecule has 2 N–H and O–H groups in total. The first-order valence-corrected chi connectivity index (χ1v) is 11.3. The highest BCUT2D eigenvalue weighted by Gasteiger charge is 2.23. The maximum Gasteiger partial charge on any atom is 0.191 e. The number of guanidine groups is 1. The van der Waals surface area contributed by atoms with Crippen molar-refractivity contribution >= 4 is 11.6 Å². The van der Waals surface area contributed by atoms with Gasteiger partial charge in [-0.3, -0.25) is 4.99 Å². The molecule has 0 atom stereocenters. The Balaban J connectivity index is 1.22. The Morgan fingerprint density at radius 2 is 1.93 bits per heavy atom. The summed E-state index contributed by atoms with van der Waals surface area (Å²) in [4.78, 5) is 11.8. The predicted molar refractivity (Wildman–Crippen MR) is 119 cm³/mol. The molecule has 0 aromatic carbocycles. The molecule has 0 amide bonds. The van der Waals surface area contributed by atoms with Gasteiger partial charge in [0, 0.05) is 44.6 Å². The number of imidazole rings is 1. The molecule has 1 saturated heterocycles. The maximum absolute atomic E-state index is 4.70. The summed E-state index contributed by atoms with van der Waals surface area (Å²) in [5.41, 5.74) is 3.23. The molecular weight excluding hydrogens is 360 g/mol. The average molecular weight is 397 g/mol. The Morgan fingerprint density at radius 3 is 2.66 bits per heavy atom. The van der Waals surface area contributed by atoms with Gasteiger partial charge >= 0.3 is 0 Å². The van der Waals surface area contributed by atoms with Crippen LogP contribution in [0, 0.1) is 12.8 Å². The predicted octanol–water partition coefficient (Wildman–Crippen LogP) is 3.35. The zero-order valence-corrected chi connectivity index (χ0v) is 18.0. The van der Waals surface area contributed by atoms with Gasteiger partial charge in [-0.15, -0.1) is 0 Å². The van der Waals surface area contributed by atoms with Gasteiger partial charge in [-0.25, -0.2) is 4.98 Å². The highest BCUT2D eigenvalue weighted by molar-refractivity contribution is 5.79. The third-order valence-corrected chi connectivity index (χ3v) is 6.58. The molecule has 0 spiro atoms. The molecule has 3 heterocycles. The number of pyridine rings is 1. The van der Waals surface area contributed by atoms with Crippen molar-refractivity contribution < 1.29 is 0 Å². The molecule has 1 aliphatic carbocycles. The smallest absolute Gasteiger partial charge is 0.191 e. The van der Waals surface area contributed by atoms with Crippen LogP contribution in [0.5, 0.6) is 0 Å². The molecule has 6 nitrogen and oxygen atoms in total. The number of likely N-dealkylation sites (tertiary alicyclic amines) is 1. The molecule has 158 valence electrons. The second-order valence-electron chi connectivity index (χ2n) is 8.78. The van der Waals surface area contributed by atoms with Gasteiger partial charge in [0.25, 0.3) is 0 Å². The Kier molecular flexibility index (Phi) is 6.70. The quantitative estimate of drug-likeness (QED) is 0.601. The van der Waals surface area contributed by atoms with Crippen molar-refractivity contribution in [3.05, 3.63) is 35.8 Å². The van der Waals surface area contributed by atoms with E-state index in [1.807, 2.05) is 13.1 Å². The summed E-state index contributed by atoms with van der Waals surface area (Å²) in [7, 11) is 1.85. The summed E-state index contributed by atoms with van der Waals surface area (Å²) < 4.78 is 2.13. The lowest BCUT2D eigenvalue weighted by atomic mass is 9.88. The van der Waals surface area contributed by atoms with Gasteiger partial charge in [0.2, 0.25) is 0 Å². The SMILES string of the molecule is CN=C(NCc1cn2c(C)cccc2n1)NC1CCN(CC2CCCCC2)CC1. The molecule has 2 aliphatic rings. The van der Waals surface area contributed by atoms with Gasteiger partial charge in [-0.1, -0.05) is 25.3 Å². The van der Waals surface area contributed by atoms with Gasteiger partial charge in [0.05, 0.1) is 12.2 Å². The lowest BCUT2D eigenvalue weighted by molar-refractivity contribution is 0.160. The van der Waals surface area contributed by atoms with E-state index >= 15 is 0 Å². The number of hydrogen-bond acceptors (Lipinski definition) is 3. The molecule has 2 fully saturated rings. The van der Waals surface area contributed by atoms with E-state index in [0.717, 1.165) is 23.2 Å². The average Bonchev–Trinajstić information content (AvgIpc) is 3.18. The van der Waals surface area contributed by atoms with E-state index < -0.39 is 0 Å². The highest BCUT2D eigenvalue weighted by Crippen LogP contribution is 2.25. The molecule has 0 unspecified atom stereocenters. The summed E-state index contributed by atoms with van der Waals surface area (Å²) in [5.74, 6) is 1.82. The number of rotatable bonds is 5. The van der Waals surface area contributed by atoms with Crippen molar-refractivity contribution in [2.24, 2.45) is 10.9 Å². The highest BCUT2D eigenvalue weighted by atomic mass is 15.2. The molecule has 4 rings (SSSR count). The summed E-state index contributed by atoms with van der Waals surface area (Å²) in [6.45, 7) is 6.51. The minimum Gasteiger partial charge on any atom is -0.354 e. The molecule has 2 aromatic rings. The third kappa shape index (κ3) is 5.30. The fraction of sp³-hybridized carbons (Fsp3) is 0.652. The van der Waals surface area contributed by atoms with E-state index in [2.05, 4.69) is 50.2 Å². The van der Waals surface area contributed by atoms with E-state index in [1.165, 1.54) is 70.3 Å². The van der Waals surface area contributed by atoms with Crippen LogP contribution in [0.2, 0.25) is 0 Å². The lowest BCUT2D eigenvalue weighted by Gasteiger charge is -2.36. The van der Waals surface area contributed by atoms with E-state index in [4.69, 9.17) is 4.98 Å². The van der Waals surface area contributed by atoms with Crippen LogP contribution < -0.4 is 10.6 Å². The number of nitrogens with zero attached hydrogens (tertiary/aromatic N) is 4. The molecule has 0 radical (unpaired) electrons. The van der Waals surface area contributed by atoms with E-state index in [-0.39, 0.29) is 0 Å². The molecule has 29 heavy (non-hydrogen) atoms. The number of aryl methyl sites for hydroxylation is 1. The fourth-order valence-corrected chi connectivity index (χ4v) is 4.84. The Morgan fingerprint density at radius 1 is 1.14 bits per heavy atom. The first-order chi connectivity index (χ1) is 14.2. The molecule has 2 aromatic heterocycles. The molecule has 6 heteroatoms. The second-order valence-corrected chi connectivity index (χ2v) is 8.78. The normalized spacial score (nSPS) is 20.3. The van der Waals surface area contributed by atoms with Crippen molar-refractivity contribution in [1.82, 2.24) is 24.9 Å². The zero-order chi connectivity index (χ0) is 20.1. The number of fused-ring (bicyclic) bond motifs is 1. The van der Waals surface area contributed by atoms with Gasteiger partial charge < -0.3 is 19.9 Å². The summed E-state index contributed by atoms with van der Waals surface area (Å²) in [6.07, 6.45) is 11.7. The van der Waals surface area contributed by atoms with Crippen molar-refractivity contribution in [3.8, 4) is 0 Å². The summed E-state index contributed by atoms with van der Waals surface area (Å²) in [5, 5.41) is 7.06. The van der Waals surface area contributed by atoms with Gasteiger partial charge in [-0.2, -0.15) is 0 Å². The summed E-state index contributed by atoms with van der Waals surface area (Å²) >= 11 is 0. The van der Waals surface area contributed by atoms with E-state index in [0.29, 0.717) is 12.6 Å². The number of nitrogens with one attached hydrogen (secondary N) is 2. The van der Waals surface area contributed by atoms with Gasteiger partial charge in [0.1, 0.15) is 5.65 Å². The van der Waals surface area contributed by atoms with Gasteiger partial charge in [0.15, 0.2) is 5.96 Å². The van der Waals surface area contributed by atoms with Crippen LogP contribution in [-0.4, -0.2) is 53.0 Å². The molecular formula is C23H36N6. The molecule has 1 saturated carbocycles. The molecule has 1 aliphatic heterocycles. The number of aromatic nitrogens is 2. The number of piperidine rings is 1. The topological polar surface area (TPSA) is 57.0 Å². The number of hydrogen-bond donors (Lipinski definition) is 2. The van der Waals surface area contributed by atoms with Crippen LogP contribution >= 0.6 is 0 Å². The third-order valence-electron chi connectivity index (χ3n) is 6.58.